The topological polar surface area (TPSA) is 38.0 Å². The fraction of sp³-hybridized carbons (Fsp3) is 0.333. The maximum atomic E-state index is 12.4. The number of halogens is 5. The second kappa shape index (κ2) is 5.23. The second-order valence-corrected chi connectivity index (χ2v) is 4.04. The van der Waals surface area contributed by atoms with Gasteiger partial charge in [0.1, 0.15) is 6.04 Å². The second-order valence-electron chi connectivity index (χ2n) is 3.20. The zero-order chi connectivity index (χ0) is 12.3. The van der Waals surface area contributed by atoms with Crippen LogP contribution in [-0.2, 0) is 6.42 Å². The molecular formula is C9H9Cl2F3N2. The molecule has 7 heteroatoms. The van der Waals surface area contributed by atoms with Crippen LogP contribution in [0.25, 0.3) is 0 Å². The predicted octanol–water partition coefficient (Wildman–Crippen LogP) is 2.93. The summed E-state index contributed by atoms with van der Waals surface area (Å²) < 4.78 is 37.2. The average molecular weight is 273 g/mol. The lowest BCUT2D eigenvalue weighted by molar-refractivity contribution is -0.155. The quantitative estimate of drug-likeness (QED) is 0.656. The SMILES string of the molecule is NNC(Cc1ccc(Cl)cc1Cl)C(F)(F)F. The molecule has 0 heterocycles. The average Bonchev–Trinajstić information content (AvgIpc) is 2.14. The van der Waals surface area contributed by atoms with Gasteiger partial charge in [-0.05, 0) is 24.1 Å². The first-order valence-corrected chi connectivity index (χ1v) is 5.07. The van der Waals surface area contributed by atoms with Crippen LogP contribution in [-0.4, -0.2) is 12.2 Å². The van der Waals surface area contributed by atoms with Gasteiger partial charge in [0.2, 0.25) is 0 Å². The number of nitrogens with two attached hydrogens (primary N) is 1. The molecule has 3 N–H and O–H groups in total. The molecule has 90 valence electrons. The summed E-state index contributed by atoms with van der Waals surface area (Å²) in [4.78, 5) is 0. The van der Waals surface area contributed by atoms with Gasteiger partial charge >= 0.3 is 6.18 Å². The van der Waals surface area contributed by atoms with E-state index in [2.05, 4.69) is 0 Å². The van der Waals surface area contributed by atoms with Crippen molar-refractivity contribution in [3.05, 3.63) is 33.8 Å². The molecule has 1 aromatic rings. The van der Waals surface area contributed by atoms with Crippen LogP contribution in [0.5, 0.6) is 0 Å². The van der Waals surface area contributed by atoms with Gasteiger partial charge in [-0.1, -0.05) is 29.3 Å². The van der Waals surface area contributed by atoms with Gasteiger partial charge in [0, 0.05) is 10.0 Å². The van der Waals surface area contributed by atoms with Gasteiger partial charge < -0.3 is 0 Å². The third kappa shape index (κ3) is 3.52. The third-order valence-corrected chi connectivity index (χ3v) is 2.62. The standard InChI is InChI=1S/C9H9Cl2F3N2/c10-6-2-1-5(7(11)4-6)3-8(16-15)9(12,13)14/h1-2,4,8,16H,3,15H2. The van der Waals surface area contributed by atoms with Crippen LogP contribution in [0.2, 0.25) is 10.0 Å². The van der Waals surface area contributed by atoms with Crippen molar-refractivity contribution < 1.29 is 13.2 Å². The fourth-order valence-electron chi connectivity index (χ4n) is 1.18. The first kappa shape index (κ1) is 13.6. The highest BCUT2D eigenvalue weighted by atomic mass is 35.5. The van der Waals surface area contributed by atoms with Crippen molar-refractivity contribution in [2.24, 2.45) is 5.84 Å². The van der Waals surface area contributed by atoms with Crippen LogP contribution >= 0.6 is 23.2 Å². The Hall–Kier alpha value is -0.490. The van der Waals surface area contributed by atoms with Crippen LogP contribution in [0.15, 0.2) is 18.2 Å². The molecule has 0 aliphatic rings. The molecular weight excluding hydrogens is 264 g/mol. The molecule has 2 nitrogen and oxygen atoms in total. The Morgan fingerprint density at radius 2 is 1.94 bits per heavy atom. The van der Waals surface area contributed by atoms with Gasteiger partial charge in [-0.25, -0.2) is 5.43 Å². The fourth-order valence-corrected chi connectivity index (χ4v) is 1.66. The summed E-state index contributed by atoms with van der Waals surface area (Å²) in [5.41, 5.74) is 2.05. The van der Waals surface area contributed by atoms with E-state index in [1.54, 1.807) is 5.43 Å². The lowest BCUT2D eigenvalue weighted by atomic mass is 10.1. The zero-order valence-electron chi connectivity index (χ0n) is 7.98. The van der Waals surface area contributed by atoms with Crippen molar-refractivity contribution in [3.8, 4) is 0 Å². The smallest absolute Gasteiger partial charge is 0.271 e. The van der Waals surface area contributed by atoms with E-state index >= 15 is 0 Å². The molecule has 0 saturated heterocycles. The minimum Gasteiger partial charge on any atom is -0.271 e. The van der Waals surface area contributed by atoms with Crippen LogP contribution < -0.4 is 11.3 Å². The molecule has 0 saturated carbocycles. The maximum Gasteiger partial charge on any atom is 0.405 e. The zero-order valence-corrected chi connectivity index (χ0v) is 9.50. The van der Waals surface area contributed by atoms with E-state index in [0.717, 1.165) is 0 Å². The van der Waals surface area contributed by atoms with Crippen molar-refractivity contribution in [2.45, 2.75) is 18.6 Å². The van der Waals surface area contributed by atoms with Gasteiger partial charge in [0.15, 0.2) is 0 Å². The van der Waals surface area contributed by atoms with E-state index in [4.69, 9.17) is 29.0 Å². The summed E-state index contributed by atoms with van der Waals surface area (Å²) in [5.74, 6) is 4.85. The summed E-state index contributed by atoms with van der Waals surface area (Å²) in [5, 5.41) is 0.565. The molecule has 1 rings (SSSR count). The van der Waals surface area contributed by atoms with Crippen molar-refractivity contribution in [3.63, 3.8) is 0 Å². The highest BCUT2D eigenvalue weighted by molar-refractivity contribution is 6.35. The Morgan fingerprint density at radius 3 is 2.38 bits per heavy atom. The van der Waals surface area contributed by atoms with E-state index in [9.17, 15) is 13.2 Å². The summed E-state index contributed by atoms with van der Waals surface area (Å²) in [7, 11) is 0. The molecule has 0 radical (unpaired) electrons. The number of nitrogens with one attached hydrogen (secondary N) is 1. The Balaban J connectivity index is 2.86. The minimum atomic E-state index is -4.42. The number of alkyl halides is 3. The van der Waals surface area contributed by atoms with E-state index in [-0.39, 0.29) is 11.4 Å². The molecule has 16 heavy (non-hydrogen) atoms. The Bertz CT molecular complexity index is 368. The normalized spacial score (nSPS) is 13.9. The largest absolute Gasteiger partial charge is 0.405 e. The van der Waals surface area contributed by atoms with Gasteiger partial charge in [0.05, 0.1) is 0 Å². The van der Waals surface area contributed by atoms with E-state index < -0.39 is 12.2 Å². The van der Waals surface area contributed by atoms with Crippen LogP contribution in [0.1, 0.15) is 5.56 Å². The van der Waals surface area contributed by atoms with Crippen molar-refractivity contribution in [1.82, 2.24) is 5.43 Å². The van der Waals surface area contributed by atoms with Crippen LogP contribution in [0.4, 0.5) is 13.2 Å². The summed E-state index contributed by atoms with van der Waals surface area (Å²) in [6.07, 6.45) is -4.76. The van der Waals surface area contributed by atoms with Gasteiger partial charge in [0.25, 0.3) is 0 Å². The molecule has 1 unspecified atom stereocenters. The molecule has 0 amide bonds. The number of hydrogen-bond donors (Lipinski definition) is 2. The first-order valence-electron chi connectivity index (χ1n) is 4.31. The lowest BCUT2D eigenvalue weighted by Gasteiger charge is -2.19. The van der Waals surface area contributed by atoms with Crippen molar-refractivity contribution in [1.29, 1.82) is 0 Å². The Labute approximate surface area is 100 Å². The molecule has 0 aromatic heterocycles. The highest BCUT2D eigenvalue weighted by Crippen LogP contribution is 2.27. The molecule has 0 spiro atoms. The monoisotopic (exact) mass is 272 g/mol. The van der Waals surface area contributed by atoms with E-state index in [0.29, 0.717) is 10.6 Å². The number of hydrogen-bond acceptors (Lipinski definition) is 2. The number of benzene rings is 1. The Kier molecular flexibility index (Phi) is 4.43. The number of hydrazine groups is 1. The molecule has 0 bridgehead atoms. The maximum absolute atomic E-state index is 12.4. The minimum absolute atomic E-state index is 0.192. The first-order chi connectivity index (χ1) is 7.34. The number of rotatable bonds is 3. The Morgan fingerprint density at radius 1 is 1.31 bits per heavy atom. The predicted molar refractivity (Wildman–Crippen MR) is 57.3 cm³/mol. The highest BCUT2D eigenvalue weighted by Gasteiger charge is 2.39. The summed E-state index contributed by atoms with van der Waals surface area (Å²) in [6, 6.07) is 2.49. The van der Waals surface area contributed by atoms with Gasteiger partial charge in [-0.3, -0.25) is 5.84 Å². The molecule has 1 aromatic carbocycles. The summed E-state index contributed by atoms with van der Waals surface area (Å²) in [6.45, 7) is 0. The van der Waals surface area contributed by atoms with Crippen molar-refractivity contribution >= 4 is 23.2 Å². The van der Waals surface area contributed by atoms with Crippen LogP contribution in [0, 0.1) is 0 Å². The molecule has 0 aliphatic heterocycles. The summed E-state index contributed by atoms with van der Waals surface area (Å²) >= 11 is 11.4. The van der Waals surface area contributed by atoms with E-state index in [1.807, 2.05) is 0 Å². The van der Waals surface area contributed by atoms with Crippen molar-refractivity contribution in [2.75, 3.05) is 0 Å². The van der Waals surface area contributed by atoms with Crippen LogP contribution in [0.3, 0.4) is 0 Å². The van der Waals surface area contributed by atoms with Gasteiger partial charge in [-0.15, -0.1) is 0 Å². The third-order valence-electron chi connectivity index (χ3n) is 2.04. The van der Waals surface area contributed by atoms with E-state index in [1.165, 1.54) is 18.2 Å². The lowest BCUT2D eigenvalue weighted by Crippen LogP contribution is -2.47. The van der Waals surface area contributed by atoms with Gasteiger partial charge in [-0.2, -0.15) is 13.2 Å². The molecule has 0 aliphatic carbocycles. The molecule has 0 fully saturated rings. The molecule has 1 atom stereocenters.